The van der Waals surface area contributed by atoms with Crippen molar-refractivity contribution in [3.05, 3.63) is 29.8 Å². The van der Waals surface area contributed by atoms with Gasteiger partial charge in [0.05, 0.1) is 12.1 Å². The van der Waals surface area contributed by atoms with E-state index in [2.05, 4.69) is 34.8 Å². The lowest BCUT2D eigenvalue weighted by Crippen LogP contribution is -2.45. The molecule has 7 heteroatoms. The van der Waals surface area contributed by atoms with Crippen LogP contribution in [0.2, 0.25) is 0 Å². The first-order valence-electron chi connectivity index (χ1n) is 9.59. The number of rotatable bonds is 8. The zero-order valence-corrected chi connectivity index (χ0v) is 19.0. The smallest absolute Gasteiger partial charge is 0.224 e. The second-order valence-electron chi connectivity index (χ2n) is 6.95. The maximum atomic E-state index is 11.6. The molecule has 1 unspecified atom stereocenters. The van der Waals surface area contributed by atoms with Crippen LogP contribution in [0.5, 0.6) is 0 Å². The van der Waals surface area contributed by atoms with Crippen LogP contribution in [0.3, 0.4) is 0 Å². The lowest BCUT2D eigenvalue weighted by Gasteiger charge is -2.24. The highest BCUT2D eigenvalue weighted by atomic mass is 127. The number of nitrogens with zero attached hydrogens (tertiary/aromatic N) is 1. The van der Waals surface area contributed by atoms with Crippen LogP contribution >= 0.6 is 24.0 Å². The highest BCUT2D eigenvalue weighted by Gasteiger charge is 2.29. The zero-order chi connectivity index (χ0) is 18.8. The van der Waals surface area contributed by atoms with Crippen molar-refractivity contribution < 1.29 is 9.53 Å². The minimum Gasteiger partial charge on any atom is -0.373 e. The van der Waals surface area contributed by atoms with Gasteiger partial charge in [-0.2, -0.15) is 0 Å². The number of carbonyl (C=O) groups is 1. The van der Waals surface area contributed by atoms with Crippen molar-refractivity contribution in [1.82, 2.24) is 10.6 Å². The first-order valence-corrected chi connectivity index (χ1v) is 9.59. The summed E-state index contributed by atoms with van der Waals surface area (Å²) in [6, 6.07) is 7.84. The topological polar surface area (TPSA) is 74.8 Å². The lowest BCUT2D eigenvalue weighted by atomic mass is 10.0. The molecule has 1 aliphatic heterocycles. The number of hydrogen-bond donors (Lipinski definition) is 3. The van der Waals surface area contributed by atoms with Gasteiger partial charge < -0.3 is 20.7 Å². The second kappa shape index (κ2) is 12.2. The van der Waals surface area contributed by atoms with Crippen LogP contribution in [0.1, 0.15) is 52.0 Å². The van der Waals surface area contributed by atoms with Gasteiger partial charge in [0.2, 0.25) is 5.91 Å². The van der Waals surface area contributed by atoms with E-state index >= 15 is 0 Å². The van der Waals surface area contributed by atoms with E-state index in [1.54, 1.807) is 0 Å². The molecule has 3 N–H and O–H groups in total. The van der Waals surface area contributed by atoms with Gasteiger partial charge in [-0.05, 0) is 50.8 Å². The molecular weight excluding hydrogens is 455 g/mol. The standard InChI is InChI=1S/C20H32N4O2.HI/c1-4-7-18(25)24-17-10-8-16(9-11-17)14-22-19(21-5-2)23-15-20(3)12-6-13-26-20;/h8-11H,4-7,12-15H2,1-3H3,(H,24,25)(H2,21,22,23);1H. The van der Waals surface area contributed by atoms with E-state index in [4.69, 9.17) is 4.74 Å². The Balaban J connectivity index is 0.00000364. The van der Waals surface area contributed by atoms with Gasteiger partial charge in [0.1, 0.15) is 0 Å². The lowest BCUT2D eigenvalue weighted by molar-refractivity contribution is -0.116. The van der Waals surface area contributed by atoms with Crippen molar-refractivity contribution in [3.8, 4) is 0 Å². The minimum absolute atomic E-state index is 0. The average Bonchev–Trinajstić information content (AvgIpc) is 3.06. The molecule has 1 aliphatic rings. The highest BCUT2D eigenvalue weighted by molar-refractivity contribution is 14.0. The third-order valence-electron chi connectivity index (χ3n) is 4.41. The fourth-order valence-corrected chi connectivity index (χ4v) is 2.90. The summed E-state index contributed by atoms with van der Waals surface area (Å²) < 4.78 is 5.81. The molecule has 0 bridgehead atoms. The first-order chi connectivity index (χ1) is 12.5. The SMILES string of the molecule is CCCC(=O)Nc1ccc(CN=C(NCC)NCC2(C)CCCO2)cc1.I. The van der Waals surface area contributed by atoms with Crippen molar-refractivity contribution in [1.29, 1.82) is 0 Å². The molecule has 1 aromatic carbocycles. The molecule has 0 aromatic heterocycles. The Labute approximate surface area is 179 Å². The third-order valence-corrected chi connectivity index (χ3v) is 4.41. The fraction of sp³-hybridized carbons (Fsp3) is 0.600. The van der Waals surface area contributed by atoms with Crippen LogP contribution in [0, 0.1) is 0 Å². The Kier molecular flexibility index (Phi) is 10.7. The molecule has 27 heavy (non-hydrogen) atoms. The van der Waals surface area contributed by atoms with E-state index < -0.39 is 0 Å². The number of anilines is 1. The Bertz CT molecular complexity index is 599. The maximum absolute atomic E-state index is 11.6. The van der Waals surface area contributed by atoms with Gasteiger partial charge in [-0.3, -0.25) is 4.79 Å². The Morgan fingerprint density at radius 1 is 1.22 bits per heavy atom. The van der Waals surface area contributed by atoms with Crippen LogP contribution in [-0.2, 0) is 16.1 Å². The molecular formula is C20H33IN4O2. The number of ether oxygens (including phenoxy) is 1. The highest BCUT2D eigenvalue weighted by Crippen LogP contribution is 2.23. The largest absolute Gasteiger partial charge is 0.373 e. The van der Waals surface area contributed by atoms with Crippen molar-refractivity contribution in [2.75, 3.05) is 25.0 Å². The van der Waals surface area contributed by atoms with Gasteiger partial charge >= 0.3 is 0 Å². The van der Waals surface area contributed by atoms with E-state index in [-0.39, 0.29) is 35.5 Å². The number of nitrogens with one attached hydrogen (secondary N) is 3. The van der Waals surface area contributed by atoms with E-state index in [1.165, 1.54) is 0 Å². The summed E-state index contributed by atoms with van der Waals surface area (Å²) in [6.45, 7) is 9.17. The van der Waals surface area contributed by atoms with E-state index in [0.717, 1.165) is 56.2 Å². The third kappa shape index (κ3) is 8.47. The molecule has 152 valence electrons. The summed E-state index contributed by atoms with van der Waals surface area (Å²) in [7, 11) is 0. The number of hydrogen-bond acceptors (Lipinski definition) is 3. The summed E-state index contributed by atoms with van der Waals surface area (Å²) >= 11 is 0. The molecule has 6 nitrogen and oxygen atoms in total. The van der Waals surface area contributed by atoms with E-state index in [0.29, 0.717) is 13.0 Å². The predicted molar refractivity (Wildman–Crippen MR) is 122 cm³/mol. The van der Waals surface area contributed by atoms with Gasteiger partial charge in [0.25, 0.3) is 0 Å². The van der Waals surface area contributed by atoms with Crippen molar-refractivity contribution in [3.63, 3.8) is 0 Å². The van der Waals surface area contributed by atoms with E-state index in [9.17, 15) is 4.79 Å². The monoisotopic (exact) mass is 488 g/mol. The number of aliphatic imine (C=N–C) groups is 1. The van der Waals surface area contributed by atoms with Crippen LogP contribution in [-0.4, -0.2) is 37.2 Å². The number of amides is 1. The predicted octanol–water partition coefficient (Wildman–Crippen LogP) is 3.67. The van der Waals surface area contributed by atoms with Gasteiger partial charge in [0, 0.05) is 31.8 Å². The molecule has 0 spiro atoms. The molecule has 1 fully saturated rings. The van der Waals surface area contributed by atoms with Crippen molar-refractivity contribution >= 4 is 41.5 Å². The quantitative estimate of drug-likeness (QED) is 0.297. The zero-order valence-electron chi connectivity index (χ0n) is 16.6. The fourth-order valence-electron chi connectivity index (χ4n) is 2.90. The Morgan fingerprint density at radius 3 is 2.56 bits per heavy atom. The number of benzene rings is 1. The average molecular weight is 488 g/mol. The normalized spacial score (nSPS) is 19.3. The molecule has 0 radical (unpaired) electrons. The van der Waals surface area contributed by atoms with Crippen LogP contribution in [0.4, 0.5) is 5.69 Å². The number of halogens is 1. The number of carbonyl (C=O) groups excluding carboxylic acids is 1. The van der Waals surface area contributed by atoms with Crippen LogP contribution in [0.25, 0.3) is 0 Å². The molecule has 1 amide bonds. The van der Waals surface area contributed by atoms with Gasteiger partial charge in [-0.25, -0.2) is 4.99 Å². The van der Waals surface area contributed by atoms with Crippen LogP contribution < -0.4 is 16.0 Å². The minimum atomic E-state index is -0.103. The molecule has 1 aromatic rings. The molecule has 0 aliphatic carbocycles. The van der Waals surface area contributed by atoms with E-state index in [1.807, 2.05) is 31.2 Å². The Morgan fingerprint density at radius 2 is 1.96 bits per heavy atom. The van der Waals surface area contributed by atoms with Crippen molar-refractivity contribution in [2.45, 2.75) is 58.6 Å². The van der Waals surface area contributed by atoms with Crippen molar-refractivity contribution in [2.24, 2.45) is 4.99 Å². The summed E-state index contributed by atoms with van der Waals surface area (Å²) in [5, 5.41) is 9.55. The molecule has 2 rings (SSSR count). The van der Waals surface area contributed by atoms with Gasteiger partial charge in [-0.15, -0.1) is 24.0 Å². The molecule has 1 atom stereocenters. The summed E-state index contributed by atoms with van der Waals surface area (Å²) in [4.78, 5) is 16.3. The summed E-state index contributed by atoms with van der Waals surface area (Å²) in [6.07, 6.45) is 3.59. The number of guanidine groups is 1. The molecule has 0 saturated carbocycles. The Hall–Kier alpha value is -1.35. The maximum Gasteiger partial charge on any atom is 0.224 e. The molecule has 1 saturated heterocycles. The van der Waals surface area contributed by atoms with Gasteiger partial charge in [-0.1, -0.05) is 19.1 Å². The second-order valence-corrected chi connectivity index (χ2v) is 6.95. The summed E-state index contributed by atoms with van der Waals surface area (Å²) in [5.74, 6) is 0.851. The summed E-state index contributed by atoms with van der Waals surface area (Å²) in [5.41, 5.74) is 1.82. The first kappa shape index (κ1) is 23.7. The van der Waals surface area contributed by atoms with Crippen LogP contribution in [0.15, 0.2) is 29.3 Å². The molecule has 1 heterocycles. The van der Waals surface area contributed by atoms with Gasteiger partial charge in [0.15, 0.2) is 5.96 Å².